The molecule has 0 bridgehead atoms. The van der Waals surface area contributed by atoms with E-state index in [1.54, 1.807) is 0 Å². The second-order valence-corrected chi connectivity index (χ2v) is 6.31. The van der Waals surface area contributed by atoms with Gasteiger partial charge in [0.2, 0.25) is 0 Å². The van der Waals surface area contributed by atoms with Gasteiger partial charge in [0.15, 0.2) is 0 Å². The Labute approximate surface area is 117 Å². The number of halogens is 1. The summed E-state index contributed by atoms with van der Waals surface area (Å²) >= 11 is 0. The largest absolute Gasteiger partial charge is 0.384 e. The average Bonchev–Trinajstić information content (AvgIpc) is 2.39. The first-order valence-corrected chi connectivity index (χ1v) is 7.76. The standard InChI is InChI=1S/C12H17FN4O2S/c13-9-5-4-6-10(11(9)12(14)15)16-20(18,19)17-7-2-1-3-8-17/h4-6,16H,1-3,7-8H2,(H3,14,15). The first-order valence-electron chi connectivity index (χ1n) is 6.32. The van der Waals surface area contributed by atoms with Crippen LogP contribution in [0.4, 0.5) is 10.1 Å². The van der Waals surface area contributed by atoms with E-state index in [4.69, 9.17) is 11.1 Å². The number of hydrogen-bond acceptors (Lipinski definition) is 3. The number of nitrogen functional groups attached to an aromatic ring is 1. The molecule has 0 aromatic heterocycles. The predicted octanol–water partition coefficient (Wildman–Crippen LogP) is 1.25. The Hall–Kier alpha value is -1.67. The third-order valence-corrected chi connectivity index (χ3v) is 4.70. The molecule has 6 nitrogen and oxygen atoms in total. The van der Waals surface area contributed by atoms with Crippen LogP contribution < -0.4 is 10.5 Å². The highest BCUT2D eigenvalue weighted by atomic mass is 32.2. The first-order chi connectivity index (χ1) is 9.42. The zero-order valence-electron chi connectivity index (χ0n) is 10.9. The topological polar surface area (TPSA) is 99.3 Å². The van der Waals surface area contributed by atoms with Crippen molar-refractivity contribution in [1.29, 1.82) is 5.41 Å². The molecular formula is C12H17FN4O2S. The van der Waals surface area contributed by atoms with Gasteiger partial charge in [-0.2, -0.15) is 12.7 Å². The Bertz CT molecular complexity index is 612. The van der Waals surface area contributed by atoms with E-state index in [2.05, 4.69) is 4.72 Å². The highest BCUT2D eigenvalue weighted by Gasteiger charge is 2.25. The fourth-order valence-corrected chi connectivity index (χ4v) is 3.51. The number of benzene rings is 1. The van der Waals surface area contributed by atoms with Crippen LogP contribution in [0.5, 0.6) is 0 Å². The smallest absolute Gasteiger partial charge is 0.301 e. The van der Waals surface area contributed by atoms with Crippen LogP contribution in [-0.2, 0) is 10.2 Å². The highest BCUT2D eigenvalue weighted by molar-refractivity contribution is 7.90. The molecule has 1 fully saturated rings. The van der Waals surface area contributed by atoms with E-state index < -0.39 is 21.9 Å². The molecule has 1 heterocycles. The van der Waals surface area contributed by atoms with Gasteiger partial charge in [-0.15, -0.1) is 0 Å². The lowest BCUT2D eigenvalue weighted by Crippen LogP contribution is -2.39. The summed E-state index contributed by atoms with van der Waals surface area (Å²) in [6.45, 7) is 0.889. The van der Waals surface area contributed by atoms with Gasteiger partial charge < -0.3 is 5.73 Å². The molecule has 0 spiro atoms. The Morgan fingerprint density at radius 2 is 1.95 bits per heavy atom. The fraction of sp³-hybridized carbons (Fsp3) is 0.417. The van der Waals surface area contributed by atoms with Crippen molar-refractivity contribution >= 4 is 21.7 Å². The van der Waals surface area contributed by atoms with Gasteiger partial charge in [0.1, 0.15) is 11.7 Å². The molecule has 4 N–H and O–H groups in total. The lowest BCUT2D eigenvalue weighted by atomic mass is 10.1. The van der Waals surface area contributed by atoms with Gasteiger partial charge >= 0.3 is 10.2 Å². The summed E-state index contributed by atoms with van der Waals surface area (Å²) in [5, 5.41) is 7.36. The summed E-state index contributed by atoms with van der Waals surface area (Å²) in [4.78, 5) is 0. The van der Waals surface area contributed by atoms with Crippen LogP contribution in [0, 0.1) is 11.2 Å². The minimum atomic E-state index is -3.74. The third-order valence-electron chi connectivity index (χ3n) is 3.18. The van der Waals surface area contributed by atoms with Gasteiger partial charge in [-0.05, 0) is 25.0 Å². The minimum absolute atomic E-state index is 0.0110. The molecule has 20 heavy (non-hydrogen) atoms. The van der Waals surface area contributed by atoms with Crippen LogP contribution in [-0.4, -0.2) is 31.6 Å². The Morgan fingerprint density at radius 1 is 1.30 bits per heavy atom. The van der Waals surface area contributed by atoms with E-state index in [9.17, 15) is 12.8 Å². The maximum Gasteiger partial charge on any atom is 0.301 e. The summed E-state index contributed by atoms with van der Waals surface area (Å²) in [5.41, 5.74) is 5.07. The fourth-order valence-electron chi connectivity index (χ4n) is 2.19. The molecule has 0 radical (unpaired) electrons. The van der Waals surface area contributed by atoms with Crippen LogP contribution in [0.15, 0.2) is 18.2 Å². The molecule has 0 atom stereocenters. The zero-order valence-corrected chi connectivity index (χ0v) is 11.7. The third kappa shape index (κ3) is 3.07. The SMILES string of the molecule is N=C(N)c1c(F)cccc1NS(=O)(=O)N1CCCCC1. The van der Waals surface area contributed by atoms with Crippen LogP contribution in [0.2, 0.25) is 0 Å². The highest BCUT2D eigenvalue weighted by Crippen LogP contribution is 2.22. The monoisotopic (exact) mass is 300 g/mol. The van der Waals surface area contributed by atoms with E-state index in [1.807, 2.05) is 0 Å². The molecule has 0 unspecified atom stereocenters. The van der Waals surface area contributed by atoms with E-state index in [0.717, 1.165) is 25.3 Å². The summed E-state index contributed by atoms with van der Waals surface area (Å²) in [5.74, 6) is -1.24. The second-order valence-electron chi connectivity index (χ2n) is 4.64. The van der Waals surface area contributed by atoms with Crippen molar-refractivity contribution < 1.29 is 12.8 Å². The van der Waals surface area contributed by atoms with Gasteiger partial charge in [0.05, 0.1) is 11.3 Å². The molecule has 1 aromatic rings. The van der Waals surface area contributed by atoms with Crippen LogP contribution in [0.3, 0.4) is 0 Å². The van der Waals surface area contributed by atoms with Crippen LogP contribution in [0.1, 0.15) is 24.8 Å². The predicted molar refractivity (Wildman–Crippen MR) is 75.4 cm³/mol. The van der Waals surface area contributed by atoms with E-state index in [1.165, 1.54) is 16.4 Å². The maximum atomic E-state index is 13.6. The van der Waals surface area contributed by atoms with Crippen LogP contribution >= 0.6 is 0 Å². The molecule has 110 valence electrons. The summed E-state index contributed by atoms with van der Waals surface area (Å²) in [6.07, 6.45) is 2.62. The Kier molecular flexibility index (Phi) is 4.24. The van der Waals surface area contributed by atoms with Crippen LogP contribution in [0.25, 0.3) is 0 Å². The molecule has 0 aliphatic carbocycles. The Morgan fingerprint density at radius 3 is 2.55 bits per heavy atom. The lowest BCUT2D eigenvalue weighted by Gasteiger charge is -2.26. The van der Waals surface area contributed by atoms with Gasteiger partial charge in [0.25, 0.3) is 0 Å². The second kappa shape index (κ2) is 5.76. The average molecular weight is 300 g/mol. The molecular weight excluding hydrogens is 283 g/mol. The quantitative estimate of drug-likeness (QED) is 0.576. The Balaban J connectivity index is 2.29. The number of nitrogens with one attached hydrogen (secondary N) is 2. The maximum absolute atomic E-state index is 13.6. The number of rotatable bonds is 4. The van der Waals surface area contributed by atoms with Crippen molar-refractivity contribution in [2.45, 2.75) is 19.3 Å². The number of nitrogens with two attached hydrogens (primary N) is 1. The molecule has 1 saturated heterocycles. The molecule has 1 aromatic carbocycles. The molecule has 1 aliphatic heterocycles. The van der Waals surface area contributed by atoms with E-state index in [0.29, 0.717) is 13.1 Å². The minimum Gasteiger partial charge on any atom is -0.384 e. The molecule has 0 saturated carbocycles. The summed E-state index contributed by atoms with van der Waals surface area (Å²) in [6, 6.07) is 3.90. The van der Waals surface area contributed by atoms with E-state index >= 15 is 0 Å². The van der Waals surface area contributed by atoms with Gasteiger partial charge in [-0.3, -0.25) is 10.1 Å². The van der Waals surface area contributed by atoms with Gasteiger partial charge in [-0.25, -0.2) is 4.39 Å². The molecule has 0 amide bonds. The number of amidine groups is 1. The molecule has 8 heteroatoms. The van der Waals surface area contributed by atoms with Crippen molar-refractivity contribution in [3.63, 3.8) is 0 Å². The van der Waals surface area contributed by atoms with Crippen molar-refractivity contribution in [3.8, 4) is 0 Å². The zero-order chi connectivity index (χ0) is 14.8. The van der Waals surface area contributed by atoms with Crippen molar-refractivity contribution in [1.82, 2.24) is 4.31 Å². The van der Waals surface area contributed by atoms with Gasteiger partial charge in [0, 0.05) is 13.1 Å². The number of hydrogen-bond donors (Lipinski definition) is 3. The number of piperidine rings is 1. The van der Waals surface area contributed by atoms with E-state index in [-0.39, 0.29) is 11.3 Å². The first kappa shape index (κ1) is 14.7. The van der Waals surface area contributed by atoms with Crippen molar-refractivity contribution in [2.75, 3.05) is 17.8 Å². The number of anilines is 1. The molecule has 2 rings (SSSR count). The number of nitrogens with zero attached hydrogens (tertiary/aromatic N) is 1. The normalized spacial score (nSPS) is 16.9. The van der Waals surface area contributed by atoms with Crippen molar-refractivity contribution in [3.05, 3.63) is 29.6 Å². The summed E-state index contributed by atoms with van der Waals surface area (Å²) in [7, 11) is -3.74. The lowest BCUT2D eigenvalue weighted by molar-refractivity contribution is 0.349. The van der Waals surface area contributed by atoms with Gasteiger partial charge in [-0.1, -0.05) is 12.5 Å². The van der Waals surface area contributed by atoms with Crippen molar-refractivity contribution in [2.24, 2.45) is 5.73 Å². The summed E-state index contributed by atoms with van der Waals surface area (Å²) < 4.78 is 41.7. The molecule has 1 aliphatic rings.